The lowest BCUT2D eigenvalue weighted by Crippen LogP contribution is -2.18. The van der Waals surface area contributed by atoms with Gasteiger partial charge in [0, 0.05) is 29.4 Å². The second kappa shape index (κ2) is 9.57. The minimum absolute atomic E-state index is 0. The van der Waals surface area contributed by atoms with Crippen LogP contribution in [0.15, 0.2) is 42.5 Å². The van der Waals surface area contributed by atoms with Crippen LogP contribution in [-0.2, 0) is 17.5 Å². The highest BCUT2D eigenvalue weighted by Crippen LogP contribution is 2.32. The average molecular weight is 416 g/mol. The van der Waals surface area contributed by atoms with Crippen LogP contribution in [0.3, 0.4) is 0 Å². The maximum absolute atomic E-state index is 13.0. The molecule has 2 aromatic rings. The van der Waals surface area contributed by atoms with Crippen molar-refractivity contribution in [3.8, 4) is 0 Å². The first kappa shape index (κ1) is 23.5. The number of carbonyl (C=O) groups is 2. The molecule has 0 heterocycles. The summed E-state index contributed by atoms with van der Waals surface area (Å²) in [5.74, 6) is -0.921. The van der Waals surface area contributed by atoms with Crippen molar-refractivity contribution in [3.63, 3.8) is 0 Å². The predicted molar refractivity (Wildman–Crippen MR) is 104 cm³/mol. The first-order chi connectivity index (χ1) is 12.6. The number of halogens is 4. The first-order valence-corrected chi connectivity index (χ1v) is 8.23. The van der Waals surface area contributed by atoms with Gasteiger partial charge in [-0.15, -0.1) is 12.4 Å². The number of nitrogens with one attached hydrogen (secondary N) is 2. The van der Waals surface area contributed by atoms with Gasteiger partial charge in [-0.25, -0.2) is 0 Å². The lowest BCUT2D eigenvalue weighted by Gasteiger charge is -2.13. The van der Waals surface area contributed by atoms with Crippen molar-refractivity contribution in [2.75, 3.05) is 10.6 Å². The molecule has 0 atom stereocenters. The Kier molecular flexibility index (Phi) is 8.01. The zero-order valence-corrected chi connectivity index (χ0v) is 16.1. The molecule has 0 bridgehead atoms. The van der Waals surface area contributed by atoms with Crippen LogP contribution in [0, 0.1) is 5.92 Å². The predicted octanol–water partition coefficient (Wildman–Crippen LogP) is 4.43. The van der Waals surface area contributed by atoms with E-state index in [-0.39, 0.29) is 47.6 Å². The molecule has 0 aliphatic rings. The molecule has 0 aliphatic heterocycles. The lowest BCUT2D eigenvalue weighted by molar-refractivity contribution is -0.137. The van der Waals surface area contributed by atoms with Crippen LogP contribution in [0.4, 0.5) is 24.5 Å². The third-order valence-corrected chi connectivity index (χ3v) is 3.75. The van der Waals surface area contributed by atoms with Crippen molar-refractivity contribution < 1.29 is 22.8 Å². The van der Waals surface area contributed by atoms with Crippen LogP contribution in [0.5, 0.6) is 0 Å². The summed E-state index contributed by atoms with van der Waals surface area (Å²) in [5, 5.41) is 5.13. The molecule has 0 aliphatic carbocycles. The van der Waals surface area contributed by atoms with E-state index in [9.17, 15) is 22.8 Å². The van der Waals surface area contributed by atoms with E-state index in [1.807, 2.05) is 0 Å². The number of anilines is 2. The molecule has 4 N–H and O–H groups in total. The lowest BCUT2D eigenvalue weighted by atomic mass is 10.1. The Bertz CT molecular complexity index is 837. The molecule has 2 rings (SSSR count). The number of hydrogen-bond donors (Lipinski definition) is 3. The van der Waals surface area contributed by atoms with E-state index in [0.29, 0.717) is 5.69 Å². The van der Waals surface area contributed by atoms with E-state index >= 15 is 0 Å². The van der Waals surface area contributed by atoms with Gasteiger partial charge >= 0.3 is 6.18 Å². The van der Waals surface area contributed by atoms with Crippen molar-refractivity contribution in [2.24, 2.45) is 11.7 Å². The molecule has 0 spiro atoms. The fourth-order valence-corrected chi connectivity index (χ4v) is 2.24. The van der Waals surface area contributed by atoms with Crippen molar-refractivity contribution in [1.29, 1.82) is 0 Å². The van der Waals surface area contributed by atoms with Crippen molar-refractivity contribution in [1.82, 2.24) is 0 Å². The first-order valence-electron chi connectivity index (χ1n) is 8.23. The third-order valence-electron chi connectivity index (χ3n) is 3.75. The summed E-state index contributed by atoms with van der Waals surface area (Å²) in [6, 6.07) is 9.24. The van der Waals surface area contributed by atoms with Gasteiger partial charge in [-0.1, -0.05) is 13.8 Å². The van der Waals surface area contributed by atoms with Gasteiger partial charge in [0.15, 0.2) is 0 Å². The van der Waals surface area contributed by atoms with Gasteiger partial charge in [-0.2, -0.15) is 13.2 Å². The van der Waals surface area contributed by atoms with Gasteiger partial charge < -0.3 is 16.4 Å². The molecule has 0 unspecified atom stereocenters. The van der Waals surface area contributed by atoms with Crippen LogP contribution in [0.1, 0.15) is 35.3 Å². The van der Waals surface area contributed by atoms with E-state index in [1.165, 1.54) is 18.2 Å². The molecule has 152 valence electrons. The van der Waals surface area contributed by atoms with E-state index in [2.05, 4.69) is 10.6 Å². The molecule has 0 radical (unpaired) electrons. The Morgan fingerprint density at radius 2 is 1.61 bits per heavy atom. The minimum atomic E-state index is -4.54. The number of benzene rings is 2. The second-order valence-electron chi connectivity index (χ2n) is 6.30. The Hall–Kier alpha value is -2.58. The van der Waals surface area contributed by atoms with Gasteiger partial charge in [0.1, 0.15) is 0 Å². The highest BCUT2D eigenvalue weighted by molar-refractivity contribution is 6.04. The molecule has 0 fully saturated rings. The Morgan fingerprint density at radius 1 is 1.00 bits per heavy atom. The summed E-state index contributed by atoms with van der Waals surface area (Å²) in [6.07, 6.45) is -4.54. The number of nitrogens with two attached hydrogens (primary N) is 1. The highest BCUT2D eigenvalue weighted by atomic mass is 35.5. The number of amides is 2. The zero-order valence-electron chi connectivity index (χ0n) is 15.3. The summed E-state index contributed by atoms with van der Waals surface area (Å²) in [7, 11) is 0. The van der Waals surface area contributed by atoms with Gasteiger partial charge in [-0.3, -0.25) is 9.59 Å². The summed E-state index contributed by atoms with van der Waals surface area (Å²) >= 11 is 0. The Morgan fingerprint density at radius 3 is 2.11 bits per heavy atom. The largest absolute Gasteiger partial charge is 0.416 e. The van der Waals surface area contributed by atoms with E-state index in [4.69, 9.17) is 5.73 Å². The fourth-order valence-electron chi connectivity index (χ4n) is 2.24. The van der Waals surface area contributed by atoms with Crippen molar-refractivity contribution >= 4 is 35.6 Å². The standard InChI is InChI=1S/C19H20F3N3O2.ClH/c1-11(2)17(26)24-15-5-3-13(4-6-15)18(27)25-16-8-12(10-23)7-14(9-16)19(20,21)22;/h3-9,11H,10,23H2,1-2H3,(H,24,26)(H,25,27);1H. The number of carbonyl (C=O) groups excluding carboxylic acids is 2. The topological polar surface area (TPSA) is 84.2 Å². The van der Waals surface area contributed by atoms with E-state index in [0.717, 1.165) is 12.1 Å². The van der Waals surface area contributed by atoms with Crippen LogP contribution >= 0.6 is 12.4 Å². The maximum atomic E-state index is 13.0. The fraction of sp³-hybridized carbons (Fsp3) is 0.263. The molecule has 0 aromatic heterocycles. The van der Waals surface area contributed by atoms with Crippen molar-refractivity contribution in [3.05, 3.63) is 59.2 Å². The summed E-state index contributed by atoms with van der Waals surface area (Å²) in [5.41, 5.74) is 5.58. The van der Waals surface area contributed by atoms with Crippen LogP contribution in [0.2, 0.25) is 0 Å². The molecular formula is C19H21ClF3N3O2. The molecular weight excluding hydrogens is 395 g/mol. The normalized spacial score (nSPS) is 11.0. The second-order valence-corrected chi connectivity index (χ2v) is 6.30. The highest BCUT2D eigenvalue weighted by Gasteiger charge is 2.31. The van der Waals surface area contributed by atoms with Crippen LogP contribution < -0.4 is 16.4 Å². The van der Waals surface area contributed by atoms with Gasteiger partial charge in [0.05, 0.1) is 5.56 Å². The molecule has 5 nitrogen and oxygen atoms in total. The monoisotopic (exact) mass is 415 g/mol. The third kappa shape index (κ3) is 6.24. The van der Waals surface area contributed by atoms with E-state index < -0.39 is 17.6 Å². The minimum Gasteiger partial charge on any atom is -0.326 e. The zero-order chi connectivity index (χ0) is 20.2. The van der Waals surface area contributed by atoms with E-state index in [1.54, 1.807) is 26.0 Å². The molecule has 0 saturated heterocycles. The maximum Gasteiger partial charge on any atom is 0.416 e. The summed E-state index contributed by atoms with van der Waals surface area (Å²) < 4.78 is 38.9. The molecule has 2 aromatic carbocycles. The quantitative estimate of drug-likeness (QED) is 0.675. The smallest absolute Gasteiger partial charge is 0.326 e. The SMILES string of the molecule is CC(C)C(=O)Nc1ccc(C(=O)Nc2cc(CN)cc(C(F)(F)F)c2)cc1.Cl. The van der Waals surface area contributed by atoms with Crippen LogP contribution in [-0.4, -0.2) is 11.8 Å². The van der Waals surface area contributed by atoms with Gasteiger partial charge in [0.2, 0.25) is 5.91 Å². The number of rotatable bonds is 5. The number of hydrogen-bond acceptors (Lipinski definition) is 3. The average Bonchev–Trinajstić information content (AvgIpc) is 2.61. The molecule has 0 saturated carbocycles. The Balaban J connectivity index is 0.00000392. The summed E-state index contributed by atoms with van der Waals surface area (Å²) in [6.45, 7) is 3.42. The van der Waals surface area contributed by atoms with Gasteiger partial charge in [-0.05, 0) is 48.0 Å². The summed E-state index contributed by atoms with van der Waals surface area (Å²) in [4.78, 5) is 24.0. The molecule has 9 heteroatoms. The Labute approximate surface area is 166 Å². The van der Waals surface area contributed by atoms with Crippen LogP contribution in [0.25, 0.3) is 0 Å². The van der Waals surface area contributed by atoms with Gasteiger partial charge in [0.25, 0.3) is 5.91 Å². The number of alkyl halides is 3. The van der Waals surface area contributed by atoms with Crippen molar-refractivity contribution in [2.45, 2.75) is 26.6 Å². The molecule has 2 amide bonds. The molecule has 28 heavy (non-hydrogen) atoms.